The molecule has 2 fully saturated rings. The Hall–Kier alpha value is -2.50. The first-order valence-corrected chi connectivity index (χ1v) is 9.74. The number of carbonyl (C=O) groups is 1. The van der Waals surface area contributed by atoms with E-state index >= 15 is 0 Å². The number of hydrogen-bond acceptors (Lipinski definition) is 4. The molecule has 4 rings (SSSR count). The molecule has 6 heteroatoms. The summed E-state index contributed by atoms with van der Waals surface area (Å²) in [5.74, 6) is 1.69. The first-order chi connectivity index (χ1) is 13.1. The van der Waals surface area contributed by atoms with E-state index < -0.39 is 0 Å². The number of nitrogens with zero attached hydrogens (tertiary/aromatic N) is 2. The van der Waals surface area contributed by atoms with Crippen LogP contribution in [0.15, 0.2) is 34.9 Å². The Morgan fingerprint density at radius 3 is 2.85 bits per heavy atom. The van der Waals surface area contributed by atoms with Crippen molar-refractivity contribution in [1.82, 2.24) is 15.4 Å². The standard InChI is InChI=1S/C21H27N3O3/c1-15-13-19(27-23-15)17-8-5-12-24(17)20(25)22-14-21(10-6-11-21)16-7-3-4-9-18(16)26-2/h3-4,7,9,13,17H,5-6,8,10-12,14H2,1-2H3,(H,22,25). The van der Waals surface area contributed by atoms with Gasteiger partial charge in [0.05, 0.1) is 18.8 Å². The summed E-state index contributed by atoms with van der Waals surface area (Å²) in [5.41, 5.74) is 2.02. The lowest BCUT2D eigenvalue weighted by Crippen LogP contribution is -2.49. The third-order valence-electron chi connectivity index (χ3n) is 6.06. The van der Waals surface area contributed by atoms with Crippen molar-refractivity contribution in [3.63, 3.8) is 0 Å². The Kier molecular flexibility index (Phi) is 4.81. The molecule has 2 aromatic rings. The zero-order valence-electron chi connectivity index (χ0n) is 16.0. The number of carbonyl (C=O) groups excluding carboxylic acids is 1. The molecule has 1 atom stereocenters. The highest BCUT2D eigenvalue weighted by molar-refractivity contribution is 5.75. The van der Waals surface area contributed by atoms with Gasteiger partial charge in [0.2, 0.25) is 0 Å². The molecule has 1 aromatic carbocycles. The van der Waals surface area contributed by atoms with Gasteiger partial charge in [-0.15, -0.1) is 0 Å². The van der Waals surface area contributed by atoms with Crippen molar-refractivity contribution in [1.29, 1.82) is 0 Å². The lowest BCUT2D eigenvalue weighted by atomic mass is 9.64. The lowest BCUT2D eigenvalue weighted by molar-refractivity contribution is 0.170. The number of rotatable bonds is 5. The molecule has 2 heterocycles. The zero-order valence-corrected chi connectivity index (χ0v) is 16.0. The molecule has 1 aliphatic carbocycles. The van der Waals surface area contributed by atoms with Crippen molar-refractivity contribution in [2.75, 3.05) is 20.2 Å². The Bertz CT molecular complexity index is 813. The fourth-order valence-corrected chi connectivity index (χ4v) is 4.42. The number of ether oxygens (including phenoxy) is 1. The van der Waals surface area contributed by atoms with Crippen LogP contribution >= 0.6 is 0 Å². The number of para-hydroxylation sites is 1. The second-order valence-electron chi connectivity index (χ2n) is 7.71. The molecule has 1 N–H and O–H groups in total. The van der Waals surface area contributed by atoms with Crippen molar-refractivity contribution in [3.05, 3.63) is 47.3 Å². The van der Waals surface area contributed by atoms with Crippen LogP contribution in [0.1, 0.15) is 55.2 Å². The molecule has 0 bridgehead atoms. The van der Waals surface area contributed by atoms with Gasteiger partial charge >= 0.3 is 6.03 Å². The molecular weight excluding hydrogens is 342 g/mol. The number of amides is 2. The molecule has 1 aliphatic heterocycles. The van der Waals surface area contributed by atoms with Crippen molar-refractivity contribution < 1.29 is 14.1 Å². The van der Waals surface area contributed by atoms with Gasteiger partial charge in [0.25, 0.3) is 0 Å². The highest BCUT2D eigenvalue weighted by atomic mass is 16.5. The van der Waals surface area contributed by atoms with E-state index in [2.05, 4.69) is 16.5 Å². The number of hydrogen-bond donors (Lipinski definition) is 1. The number of urea groups is 1. The van der Waals surface area contributed by atoms with Crippen LogP contribution in [0.2, 0.25) is 0 Å². The minimum Gasteiger partial charge on any atom is -0.496 e. The number of benzene rings is 1. The third-order valence-corrected chi connectivity index (χ3v) is 6.06. The Morgan fingerprint density at radius 2 is 2.19 bits per heavy atom. The molecule has 2 aliphatic rings. The summed E-state index contributed by atoms with van der Waals surface area (Å²) < 4.78 is 11.0. The molecule has 1 aromatic heterocycles. The molecule has 27 heavy (non-hydrogen) atoms. The topological polar surface area (TPSA) is 67.6 Å². The van der Waals surface area contributed by atoms with Crippen LogP contribution in [-0.2, 0) is 5.41 Å². The molecule has 2 amide bonds. The van der Waals surface area contributed by atoms with Crippen LogP contribution in [0.3, 0.4) is 0 Å². The molecule has 0 spiro atoms. The fraction of sp³-hybridized carbons (Fsp3) is 0.524. The van der Waals surface area contributed by atoms with Crippen molar-refractivity contribution in [2.24, 2.45) is 0 Å². The van der Waals surface area contributed by atoms with E-state index in [9.17, 15) is 4.79 Å². The van der Waals surface area contributed by atoms with Gasteiger partial charge in [-0.2, -0.15) is 0 Å². The van der Waals surface area contributed by atoms with E-state index in [1.807, 2.05) is 36.1 Å². The SMILES string of the molecule is COc1ccccc1C1(CNC(=O)N2CCCC2c2cc(C)no2)CCC1. The number of likely N-dealkylation sites (tertiary alicyclic amines) is 1. The summed E-state index contributed by atoms with van der Waals surface area (Å²) in [6.07, 6.45) is 5.21. The van der Waals surface area contributed by atoms with E-state index in [0.717, 1.165) is 49.4 Å². The average Bonchev–Trinajstić information content (AvgIpc) is 3.29. The predicted octanol–water partition coefficient (Wildman–Crippen LogP) is 3.96. The quantitative estimate of drug-likeness (QED) is 0.866. The molecule has 0 radical (unpaired) electrons. The highest BCUT2D eigenvalue weighted by Gasteiger charge is 2.42. The second-order valence-corrected chi connectivity index (χ2v) is 7.71. The van der Waals surface area contributed by atoms with Gasteiger partial charge in [0.1, 0.15) is 5.75 Å². The Balaban J connectivity index is 1.46. The third kappa shape index (κ3) is 3.29. The number of nitrogens with one attached hydrogen (secondary N) is 1. The first-order valence-electron chi connectivity index (χ1n) is 9.74. The van der Waals surface area contributed by atoms with Crippen molar-refractivity contribution >= 4 is 6.03 Å². The van der Waals surface area contributed by atoms with Crippen molar-refractivity contribution in [3.8, 4) is 5.75 Å². The van der Waals surface area contributed by atoms with Crippen LogP contribution in [0.5, 0.6) is 5.75 Å². The molecule has 1 saturated heterocycles. The molecular formula is C21H27N3O3. The van der Waals surface area contributed by atoms with Gasteiger partial charge in [-0.25, -0.2) is 4.79 Å². The first kappa shape index (κ1) is 17.9. The van der Waals surface area contributed by atoms with Crippen LogP contribution in [0.25, 0.3) is 0 Å². The normalized spacial score (nSPS) is 21.0. The van der Waals surface area contributed by atoms with Gasteiger partial charge in [-0.05, 0) is 38.7 Å². The van der Waals surface area contributed by atoms with Gasteiger partial charge in [0.15, 0.2) is 5.76 Å². The maximum absolute atomic E-state index is 12.9. The Labute approximate surface area is 159 Å². The number of methoxy groups -OCH3 is 1. The van der Waals surface area contributed by atoms with Crippen LogP contribution in [-0.4, -0.2) is 36.3 Å². The maximum Gasteiger partial charge on any atom is 0.318 e. The smallest absolute Gasteiger partial charge is 0.318 e. The minimum atomic E-state index is -0.0275. The summed E-state index contributed by atoms with van der Waals surface area (Å²) >= 11 is 0. The highest BCUT2D eigenvalue weighted by Crippen LogP contribution is 2.46. The van der Waals surface area contributed by atoms with Gasteiger partial charge in [-0.3, -0.25) is 0 Å². The average molecular weight is 369 g/mol. The molecule has 144 valence electrons. The second kappa shape index (κ2) is 7.25. The van der Waals surface area contributed by atoms with Gasteiger partial charge < -0.3 is 19.5 Å². The zero-order chi connectivity index (χ0) is 18.9. The van der Waals surface area contributed by atoms with E-state index in [1.54, 1.807) is 7.11 Å². The van der Waals surface area contributed by atoms with E-state index in [1.165, 1.54) is 12.0 Å². The molecule has 1 saturated carbocycles. The van der Waals surface area contributed by atoms with Crippen LogP contribution < -0.4 is 10.1 Å². The summed E-state index contributed by atoms with van der Waals surface area (Å²) in [7, 11) is 1.71. The van der Waals surface area contributed by atoms with Gasteiger partial charge in [0, 0.05) is 30.1 Å². The Morgan fingerprint density at radius 1 is 1.37 bits per heavy atom. The number of aryl methyl sites for hydroxylation is 1. The van der Waals surface area contributed by atoms with Crippen molar-refractivity contribution in [2.45, 2.75) is 50.5 Å². The maximum atomic E-state index is 12.9. The lowest BCUT2D eigenvalue weighted by Gasteiger charge is -2.43. The van der Waals surface area contributed by atoms with Crippen LogP contribution in [0.4, 0.5) is 4.79 Å². The van der Waals surface area contributed by atoms with E-state index in [-0.39, 0.29) is 17.5 Å². The van der Waals surface area contributed by atoms with E-state index in [4.69, 9.17) is 9.26 Å². The van der Waals surface area contributed by atoms with E-state index in [0.29, 0.717) is 6.54 Å². The summed E-state index contributed by atoms with van der Waals surface area (Å²) in [6.45, 7) is 3.28. The van der Waals surface area contributed by atoms with Crippen LogP contribution in [0, 0.1) is 6.92 Å². The fourth-order valence-electron chi connectivity index (χ4n) is 4.42. The molecule has 1 unspecified atom stereocenters. The number of aromatic nitrogens is 1. The minimum absolute atomic E-state index is 0.0187. The predicted molar refractivity (Wildman–Crippen MR) is 102 cm³/mol. The summed E-state index contributed by atoms with van der Waals surface area (Å²) in [6, 6.07) is 10.0. The monoisotopic (exact) mass is 369 g/mol. The summed E-state index contributed by atoms with van der Waals surface area (Å²) in [5, 5.41) is 7.17. The largest absolute Gasteiger partial charge is 0.496 e. The summed E-state index contributed by atoms with van der Waals surface area (Å²) in [4.78, 5) is 14.8. The molecule has 6 nitrogen and oxygen atoms in total. The van der Waals surface area contributed by atoms with Gasteiger partial charge in [-0.1, -0.05) is 29.8 Å².